The Morgan fingerprint density at radius 2 is 1.85 bits per heavy atom. The van der Waals surface area contributed by atoms with E-state index in [1.165, 1.54) is 5.56 Å². The molecular formula is C20H24N4O2. The molecule has 4 heterocycles. The summed E-state index contributed by atoms with van der Waals surface area (Å²) in [7, 11) is 1.78. The second-order valence-electron chi connectivity index (χ2n) is 6.97. The number of rotatable bonds is 4. The number of pyridine rings is 2. The standard InChI is InChI=1S/C20H24N4O2/c1-26-18-14-24(19(18)15-4-2-8-21-12-15)17-6-10-23(11-7-17)20(25)16-5-3-9-22-13-16/h2-5,8-9,12-13,17-19H,6-7,10-11,14H2,1H3/t18-,19-/m0/s1. The molecule has 4 rings (SSSR count). The predicted molar refractivity (Wildman–Crippen MR) is 97.6 cm³/mol. The van der Waals surface area contributed by atoms with Gasteiger partial charge in [0.2, 0.25) is 0 Å². The Labute approximate surface area is 153 Å². The van der Waals surface area contributed by atoms with Gasteiger partial charge in [-0.1, -0.05) is 6.07 Å². The molecule has 0 bridgehead atoms. The first kappa shape index (κ1) is 17.1. The van der Waals surface area contributed by atoms with E-state index in [1.807, 2.05) is 29.3 Å². The molecule has 0 aliphatic carbocycles. The molecule has 2 saturated heterocycles. The smallest absolute Gasteiger partial charge is 0.255 e. The summed E-state index contributed by atoms with van der Waals surface area (Å²) >= 11 is 0. The Kier molecular flexibility index (Phi) is 4.95. The van der Waals surface area contributed by atoms with E-state index in [0.29, 0.717) is 11.6 Å². The van der Waals surface area contributed by atoms with Crippen molar-refractivity contribution in [3.8, 4) is 0 Å². The summed E-state index contributed by atoms with van der Waals surface area (Å²) in [6, 6.07) is 8.48. The Balaban J connectivity index is 1.39. The van der Waals surface area contributed by atoms with Gasteiger partial charge >= 0.3 is 0 Å². The minimum absolute atomic E-state index is 0.0822. The van der Waals surface area contributed by atoms with Crippen LogP contribution in [0.4, 0.5) is 0 Å². The van der Waals surface area contributed by atoms with Gasteiger partial charge in [-0.3, -0.25) is 19.7 Å². The van der Waals surface area contributed by atoms with Crippen LogP contribution < -0.4 is 0 Å². The molecule has 0 radical (unpaired) electrons. The maximum atomic E-state index is 12.6. The summed E-state index contributed by atoms with van der Waals surface area (Å²) in [6.45, 7) is 2.51. The number of hydrogen-bond donors (Lipinski definition) is 0. The minimum Gasteiger partial charge on any atom is -0.378 e. The molecule has 6 heteroatoms. The highest BCUT2D eigenvalue weighted by molar-refractivity contribution is 5.93. The number of aromatic nitrogens is 2. The SMILES string of the molecule is CO[C@H]1CN(C2CCN(C(=O)c3cccnc3)CC2)[C@H]1c1cccnc1. The lowest BCUT2D eigenvalue weighted by molar-refractivity contribution is -0.115. The van der Waals surface area contributed by atoms with Gasteiger partial charge < -0.3 is 9.64 Å². The monoisotopic (exact) mass is 352 g/mol. The fourth-order valence-corrected chi connectivity index (χ4v) is 4.11. The fraction of sp³-hybridized carbons (Fsp3) is 0.450. The summed E-state index contributed by atoms with van der Waals surface area (Å²) in [5.74, 6) is 0.0822. The van der Waals surface area contributed by atoms with Crippen LogP contribution in [0.2, 0.25) is 0 Å². The summed E-state index contributed by atoms with van der Waals surface area (Å²) in [5, 5.41) is 0. The maximum absolute atomic E-state index is 12.6. The van der Waals surface area contributed by atoms with E-state index in [2.05, 4.69) is 20.9 Å². The van der Waals surface area contributed by atoms with Crippen molar-refractivity contribution >= 4 is 5.91 Å². The van der Waals surface area contributed by atoms with Crippen molar-refractivity contribution in [2.24, 2.45) is 0 Å². The summed E-state index contributed by atoms with van der Waals surface area (Å²) in [5.41, 5.74) is 1.88. The molecular weight excluding hydrogens is 328 g/mol. The highest BCUT2D eigenvalue weighted by Crippen LogP contribution is 2.39. The molecule has 136 valence electrons. The second kappa shape index (κ2) is 7.51. The van der Waals surface area contributed by atoms with Crippen molar-refractivity contribution < 1.29 is 9.53 Å². The third-order valence-electron chi connectivity index (χ3n) is 5.56. The number of ether oxygens (including phenoxy) is 1. The number of hydrogen-bond acceptors (Lipinski definition) is 5. The fourth-order valence-electron chi connectivity index (χ4n) is 4.11. The molecule has 6 nitrogen and oxygen atoms in total. The molecule has 2 aromatic heterocycles. The molecule has 0 spiro atoms. The summed E-state index contributed by atoms with van der Waals surface area (Å²) in [6.07, 6.45) is 9.26. The molecule has 26 heavy (non-hydrogen) atoms. The molecule has 0 N–H and O–H groups in total. The molecule has 0 aromatic carbocycles. The second-order valence-corrected chi connectivity index (χ2v) is 6.97. The van der Waals surface area contributed by atoms with Crippen molar-refractivity contribution in [3.63, 3.8) is 0 Å². The van der Waals surface area contributed by atoms with E-state index in [-0.39, 0.29) is 18.1 Å². The van der Waals surface area contributed by atoms with Gasteiger partial charge in [0.05, 0.1) is 17.7 Å². The van der Waals surface area contributed by atoms with Crippen molar-refractivity contribution in [1.29, 1.82) is 0 Å². The zero-order valence-corrected chi connectivity index (χ0v) is 15.0. The van der Waals surface area contributed by atoms with Crippen LogP contribution in [0, 0.1) is 0 Å². The third kappa shape index (κ3) is 3.22. The molecule has 0 unspecified atom stereocenters. The van der Waals surface area contributed by atoms with Gasteiger partial charge in [0.25, 0.3) is 5.91 Å². The first-order valence-electron chi connectivity index (χ1n) is 9.15. The van der Waals surface area contributed by atoms with Crippen LogP contribution in [0.25, 0.3) is 0 Å². The van der Waals surface area contributed by atoms with Crippen LogP contribution in [0.15, 0.2) is 49.1 Å². The summed E-state index contributed by atoms with van der Waals surface area (Å²) in [4.78, 5) is 25.4. The zero-order chi connectivity index (χ0) is 17.9. The number of amides is 1. The molecule has 2 aromatic rings. The van der Waals surface area contributed by atoms with Crippen molar-refractivity contribution in [2.75, 3.05) is 26.7 Å². The number of carbonyl (C=O) groups excluding carboxylic acids is 1. The predicted octanol–water partition coefficient (Wildman–Crippen LogP) is 2.15. The normalized spacial score (nSPS) is 24.3. The number of piperidine rings is 1. The van der Waals surface area contributed by atoms with Crippen LogP contribution in [0.1, 0.15) is 34.8 Å². The molecule has 2 atom stereocenters. The van der Waals surface area contributed by atoms with Crippen molar-refractivity contribution in [3.05, 3.63) is 60.2 Å². The molecule has 2 fully saturated rings. The highest BCUT2D eigenvalue weighted by Gasteiger charge is 2.44. The van der Waals surface area contributed by atoms with E-state index in [1.54, 1.807) is 25.7 Å². The Bertz CT molecular complexity index is 732. The highest BCUT2D eigenvalue weighted by atomic mass is 16.5. The molecule has 0 saturated carbocycles. The quantitative estimate of drug-likeness (QED) is 0.844. The largest absolute Gasteiger partial charge is 0.378 e. The van der Waals surface area contributed by atoms with Crippen molar-refractivity contribution in [1.82, 2.24) is 19.8 Å². The summed E-state index contributed by atoms with van der Waals surface area (Å²) < 4.78 is 5.65. The molecule has 2 aliphatic heterocycles. The first-order valence-corrected chi connectivity index (χ1v) is 9.15. The number of methoxy groups -OCH3 is 1. The Hall–Kier alpha value is -2.31. The maximum Gasteiger partial charge on any atom is 0.255 e. The van der Waals surface area contributed by atoms with Crippen LogP contribution in [0.5, 0.6) is 0 Å². The Morgan fingerprint density at radius 1 is 1.12 bits per heavy atom. The lowest BCUT2D eigenvalue weighted by Crippen LogP contribution is -2.60. The Morgan fingerprint density at radius 3 is 2.46 bits per heavy atom. The van der Waals surface area contributed by atoms with Gasteiger partial charge in [-0.15, -0.1) is 0 Å². The molecule has 2 aliphatic rings. The van der Waals surface area contributed by atoms with E-state index in [0.717, 1.165) is 32.5 Å². The van der Waals surface area contributed by atoms with E-state index >= 15 is 0 Å². The number of likely N-dealkylation sites (tertiary alicyclic amines) is 2. The first-order chi connectivity index (χ1) is 12.8. The van der Waals surface area contributed by atoms with E-state index in [9.17, 15) is 4.79 Å². The van der Waals surface area contributed by atoms with Gasteiger partial charge in [-0.25, -0.2) is 0 Å². The van der Waals surface area contributed by atoms with Gasteiger partial charge in [-0.2, -0.15) is 0 Å². The molecule has 1 amide bonds. The minimum atomic E-state index is 0.0822. The van der Waals surface area contributed by atoms with Gasteiger partial charge in [0.15, 0.2) is 0 Å². The average molecular weight is 352 g/mol. The van der Waals surface area contributed by atoms with Gasteiger partial charge in [-0.05, 0) is 36.6 Å². The topological polar surface area (TPSA) is 58.6 Å². The number of nitrogens with zero attached hydrogens (tertiary/aromatic N) is 4. The van der Waals surface area contributed by atoms with Crippen LogP contribution in [0.3, 0.4) is 0 Å². The van der Waals surface area contributed by atoms with E-state index < -0.39 is 0 Å². The van der Waals surface area contributed by atoms with Gasteiger partial charge in [0.1, 0.15) is 0 Å². The van der Waals surface area contributed by atoms with Crippen LogP contribution >= 0.6 is 0 Å². The lowest BCUT2D eigenvalue weighted by atomic mass is 9.87. The van der Waals surface area contributed by atoms with Crippen LogP contribution in [-0.2, 0) is 4.74 Å². The van der Waals surface area contributed by atoms with Gasteiger partial charge in [0, 0.05) is 57.6 Å². The van der Waals surface area contributed by atoms with Crippen molar-refractivity contribution in [2.45, 2.75) is 31.0 Å². The van der Waals surface area contributed by atoms with E-state index in [4.69, 9.17) is 4.74 Å². The third-order valence-corrected chi connectivity index (χ3v) is 5.56. The van der Waals surface area contributed by atoms with Crippen LogP contribution in [-0.4, -0.2) is 64.6 Å². The average Bonchev–Trinajstić information content (AvgIpc) is 2.69. The lowest BCUT2D eigenvalue weighted by Gasteiger charge is -2.52. The number of carbonyl (C=O) groups is 1. The zero-order valence-electron chi connectivity index (χ0n) is 15.0.